The summed E-state index contributed by atoms with van der Waals surface area (Å²) >= 11 is 0. The lowest BCUT2D eigenvalue weighted by molar-refractivity contribution is 0.101. The number of nitrogens with zero attached hydrogens (tertiary/aromatic N) is 1. The molecule has 112 valence electrons. The first-order valence-corrected chi connectivity index (χ1v) is 8.29. The minimum atomic E-state index is -3.74. The van der Waals surface area contributed by atoms with Crippen LogP contribution < -0.4 is 0 Å². The molecule has 0 saturated heterocycles. The Hall–Kier alpha value is -2.40. The highest BCUT2D eigenvalue weighted by Crippen LogP contribution is 2.27. The number of fused-ring (bicyclic) bond motifs is 1. The van der Waals surface area contributed by atoms with Crippen LogP contribution >= 0.6 is 0 Å². The molecule has 0 spiro atoms. The Morgan fingerprint density at radius 2 is 1.64 bits per heavy atom. The number of Topliss-reactive ketones (excluding diaryl/α,β-unsaturated/α-hetero) is 1. The van der Waals surface area contributed by atoms with Crippen LogP contribution in [0.2, 0.25) is 0 Å². The molecule has 4 nitrogen and oxygen atoms in total. The van der Waals surface area contributed by atoms with Crippen molar-refractivity contribution in [2.75, 3.05) is 0 Å². The van der Waals surface area contributed by atoms with Crippen LogP contribution in [0.25, 0.3) is 10.9 Å². The number of aromatic nitrogens is 1. The van der Waals surface area contributed by atoms with Crippen molar-refractivity contribution in [3.8, 4) is 0 Å². The van der Waals surface area contributed by atoms with Crippen molar-refractivity contribution in [2.24, 2.45) is 0 Å². The van der Waals surface area contributed by atoms with Gasteiger partial charge in [0, 0.05) is 17.1 Å². The first kappa shape index (κ1) is 14.5. The first-order chi connectivity index (χ1) is 10.4. The molecule has 5 heteroatoms. The van der Waals surface area contributed by atoms with Crippen LogP contribution in [0, 0.1) is 6.92 Å². The van der Waals surface area contributed by atoms with Crippen LogP contribution in [0.3, 0.4) is 0 Å². The van der Waals surface area contributed by atoms with Crippen molar-refractivity contribution in [2.45, 2.75) is 18.7 Å². The first-order valence-electron chi connectivity index (χ1n) is 6.85. The van der Waals surface area contributed by atoms with E-state index < -0.39 is 10.0 Å². The second-order valence-corrected chi connectivity index (χ2v) is 6.97. The van der Waals surface area contributed by atoms with Gasteiger partial charge in [-0.1, -0.05) is 36.4 Å². The number of ketones is 1. The van der Waals surface area contributed by atoms with E-state index in [1.54, 1.807) is 55.5 Å². The SMILES string of the molecule is CC(=O)c1cn(S(=O)(=O)c2ccccc2C)c2ccccc12. The fourth-order valence-electron chi connectivity index (χ4n) is 2.58. The Morgan fingerprint density at radius 3 is 2.32 bits per heavy atom. The number of aryl methyl sites for hydroxylation is 1. The molecule has 0 aliphatic carbocycles. The van der Waals surface area contributed by atoms with Gasteiger partial charge < -0.3 is 0 Å². The average molecular weight is 313 g/mol. The van der Waals surface area contributed by atoms with E-state index in [9.17, 15) is 13.2 Å². The van der Waals surface area contributed by atoms with Crippen LogP contribution in [0.1, 0.15) is 22.8 Å². The van der Waals surface area contributed by atoms with Crippen molar-refractivity contribution in [1.29, 1.82) is 0 Å². The largest absolute Gasteiger partial charge is 0.294 e. The molecule has 0 saturated carbocycles. The third-order valence-corrected chi connectivity index (χ3v) is 5.52. The van der Waals surface area contributed by atoms with Gasteiger partial charge in [-0.2, -0.15) is 0 Å². The van der Waals surface area contributed by atoms with Crippen molar-refractivity contribution < 1.29 is 13.2 Å². The standard InChI is InChI=1S/C17H15NO3S/c1-12-7-3-6-10-17(12)22(20,21)18-11-15(13(2)19)14-8-4-5-9-16(14)18/h3-11H,1-2H3. The van der Waals surface area contributed by atoms with Gasteiger partial charge in [0.25, 0.3) is 10.0 Å². The van der Waals surface area contributed by atoms with Gasteiger partial charge in [0.15, 0.2) is 5.78 Å². The molecule has 0 amide bonds. The highest BCUT2D eigenvalue weighted by atomic mass is 32.2. The summed E-state index contributed by atoms with van der Waals surface area (Å²) in [5.41, 5.74) is 1.59. The van der Waals surface area contributed by atoms with Gasteiger partial charge in [0.05, 0.1) is 10.4 Å². The van der Waals surface area contributed by atoms with Gasteiger partial charge in [0.2, 0.25) is 0 Å². The maximum atomic E-state index is 13.0. The fourth-order valence-corrected chi connectivity index (χ4v) is 4.18. The van der Waals surface area contributed by atoms with Crippen LogP contribution in [0.5, 0.6) is 0 Å². The van der Waals surface area contributed by atoms with E-state index in [1.165, 1.54) is 17.1 Å². The Balaban J connectivity index is 2.36. The molecule has 0 fully saturated rings. The van der Waals surface area contributed by atoms with Gasteiger partial charge in [-0.25, -0.2) is 12.4 Å². The van der Waals surface area contributed by atoms with Crippen LogP contribution in [0.15, 0.2) is 59.6 Å². The topological polar surface area (TPSA) is 56.1 Å². The lowest BCUT2D eigenvalue weighted by atomic mass is 10.1. The van der Waals surface area contributed by atoms with Gasteiger partial charge in [-0.15, -0.1) is 0 Å². The monoisotopic (exact) mass is 313 g/mol. The van der Waals surface area contributed by atoms with Gasteiger partial charge in [-0.05, 0) is 31.5 Å². The summed E-state index contributed by atoms with van der Waals surface area (Å²) in [4.78, 5) is 12.0. The zero-order chi connectivity index (χ0) is 15.9. The molecule has 0 unspecified atom stereocenters. The number of hydrogen-bond donors (Lipinski definition) is 0. The molecular weight excluding hydrogens is 298 g/mol. The Morgan fingerprint density at radius 1 is 1.00 bits per heavy atom. The molecule has 0 radical (unpaired) electrons. The van der Waals surface area contributed by atoms with E-state index in [0.29, 0.717) is 22.0 Å². The summed E-state index contributed by atoms with van der Waals surface area (Å²) < 4.78 is 27.1. The summed E-state index contributed by atoms with van der Waals surface area (Å²) in [5, 5.41) is 0.646. The molecule has 3 aromatic rings. The van der Waals surface area contributed by atoms with E-state index in [0.717, 1.165) is 0 Å². The Labute approximate surface area is 129 Å². The van der Waals surface area contributed by atoms with Crippen molar-refractivity contribution in [3.05, 3.63) is 65.9 Å². The van der Waals surface area contributed by atoms with Crippen molar-refractivity contribution >= 4 is 26.7 Å². The lowest BCUT2D eigenvalue weighted by Gasteiger charge is -2.09. The van der Waals surface area contributed by atoms with Gasteiger partial charge >= 0.3 is 0 Å². The molecular formula is C17H15NO3S. The Bertz CT molecular complexity index is 984. The number of para-hydroxylation sites is 1. The van der Waals surface area contributed by atoms with Gasteiger partial charge in [0.1, 0.15) is 0 Å². The quantitative estimate of drug-likeness (QED) is 0.696. The third-order valence-electron chi connectivity index (χ3n) is 3.69. The zero-order valence-corrected chi connectivity index (χ0v) is 13.1. The van der Waals surface area contributed by atoms with E-state index in [1.807, 2.05) is 0 Å². The lowest BCUT2D eigenvalue weighted by Crippen LogP contribution is -2.13. The molecule has 1 aromatic heterocycles. The number of carbonyl (C=O) groups is 1. The number of hydrogen-bond acceptors (Lipinski definition) is 3. The smallest absolute Gasteiger partial charge is 0.268 e. The minimum absolute atomic E-state index is 0.157. The maximum absolute atomic E-state index is 13.0. The maximum Gasteiger partial charge on any atom is 0.268 e. The number of carbonyl (C=O) groups excluding carboxylic acids is 1. The summed E-state index contributed by atoms with van der Waals surface area (Å²) in [6, 6.07) is 13.8. The molecule has 0 bridgehead atoms. The van der Waals surface area contributed by atoms with E-state index in [2.05, 4.69) is 0 Å². The highest BCUT2D eigenvalue weighted by molar-refractivity contribution is 7.90. The summed E-state index contributed by atoms with van der Waals surface area (Å²) in [6.07, 6.45) is 1.41. The molecule has 0 aliphatic rings. The molecule has 22 heavy (non-hydrogen) atoms. The summed E-state index contributed by atoms with van der Waals surface area (Å²) in [5.74, 6) is -0.157. The van der Waals surface area contributed by atoms with Crippen molar-refractivity contribution in [3.63, 3.8) is 0 Å². The fraction of sp³-hybridized carbons (Fsp3) is 0.118. The molecule has 0 atom stereocenters. The molecule has 1 heterocycles. The molecule has 0 aliphatic heterocycles. The number of benzene rings is 2. The van der Waals surface area contributed by atoms with Crippen LogP contribution in [-0.2, 0) is 10.0 Å². The second kappa shape index (κ2) is 5.10. The van der Waals surface area contributed by atoms with Gasteiger partial charge in [-0.3, -0.25) is 4.79 Å². The van der Waals surface area contributed by atoms with Crippen molar-refractivity contribution in [1.82, 2.24) is 3.97 Å². The second-order valence-electron chi connectivity index (χ2n) is 5.18. The van der Waals surface area contributed by atoms with E-state index in [4.69, 9.17) is 0 Å². The predicted octanol–water partition coefficient (Wildman–Crippen LogP) is 3.39. The normalized spacial score (nSPS) is 11.7. The minimum Gasteiger partial charge on any atom is -0.294 e. The predicted molar refractivity (Wildman–Crippen MR) is 85.7 cm³/mol. The van der Waals surface area contributed by atoms with E-state index in [-0.39, 0.29) is 10.7 Å². The summed E-state index contributed by atoms with van der Waals surface area (Å²) in [7, 11) is -3.74. The van der Waals surface area contributed by atoms with Crippen LogP contribution in [-0.4, -0.2) is 18.2 Å². The molecule has 2 aromatic carbocycles. The molecule has 0 N–H and O–H groups in total. The van der Waals surface area contributed by atoms with E-state index >= 15 is 0 Å². The highest BCUT2D eigenvalue weighted by Gasteiger charge is 2.23. The average Bonchev–Trinajstić information content (AvgIpc) is 2.88. The number of rotatable bonds is 3. The van der Waals surface area contributed by atoms with Crippen LogP contribution in [0.4, 0.5) is 0 Å². The third kappa shape index (κ3) is 2.14. The molecule has 3 rings (SSSR count). The summed E-state index contributed by atoms with van der Waals surface area (Å²) in [6.45, 7) is 3.19. The zero-order valence-electron chi connectivity index (χ0n) is 12.3. The Kier molecular flexibility index (Phi) is 3.37.